The number of hydrogen-bond donors (Lipinski definition) is 1. The SMILES string of the molecule is O=C(CC1CCC(c2nnc(C3CC(OC(F)(F)F)C3)o2)CC1)Nc1nc2cc(Cl)ccc2s1. The Balaban J connectivity index is 1.08. The molecular formula is C22H22ClF3N4O3S. The van der Waals surface area contributed by atoms with Crippen molar-refractivity contribution in [1.29, 1.82) is 0 Å². The highest BCUT2D eigenvalue weighted by Gasteiger charge is 2.42. The first kappa shape index (κ1) is 23.5. The zero-order valence-corrected chi connectivity index (χ0v) is 19.6. The highest BCUT2D eigenvalue weighted by molar-refractivity contribution is 7.22. The second-order valence-electron chi connectivity index (χ2n) is 8.93. The number of aromatic nitrogens is 3. The average molecular weight is 515 g/mol. The van der Waals surface area contributed by atoms with Gasteiger partial charge in [-0.15, -0.1) is 23.4 Å². The molecule has 12 heteroatoms. The van der Waals surface area contributed by atoms with Gasteiger partial charge in [0.2, 0.25) is 17.7 Å². The Morgan fingerprint density at radius 1 is 1.15 bits per heavy atom. The molecule has 182 valence electrons. The summed E-state index contributed by atoms with van der Waals surface area (Å²) in [6.45, 7) is 0. The number of amides is 1. The van der Waals surface area contributed by atoms with Gasteiger partial charge < -0.3 is 9.73 Å². The van der Waals surface area contributed by atoms with Crippen molar-refractivity contribution in [2.45, 2.75) is 69.2 Å². The van der Waals surface area contributed by atoms with Gasteiger partial charge in [-0.05, 0) is 62.6 Å². The van der Waals surface area contributed by atoms with Crippen molar-refractivity contribution in [1.82, 2.24) is 15.2 Å². The molecule has 5 rings (SSSR count). The van der Waals surface area contributed by atoms with E-state index >= 15 is 0 Å². The minimum atomic E-state index is -4.62. The first-order valence-electron chi connectivity index (χ1n) is 11.2. The summed E-state index contributed by atoms with van der Waals surface area (Å²) in [5.41, 5.74) is 0.762. The monoisotopic (exact) mass is 514 g/mol. The molecule has 3 aromatic rings. The van der Waals surface area contributed by atoms with E-state index in [1.807, 2.05) is 6.07 Å². The van der Waals surface area contributed by atoms with Crippen molar-refractivity contribution in [3.05, 3.63) is 35.0 Å². The molecule has 2 aromatic heterocycles. The van der Waals surface area contributed by atoms with Crippen LogP contribution in [0.2, 0.25) is 5.02 Å². The van der Waals surface area contributed by atoms with Gasteiger partial charge in [-0.25, -0.2) is 4.98 Å². The van der Waals surface area contributed by atoms with Gasteiger partial charge in [-0.1, -0.05) is 22.9 Å². The van der Waals surface area contributed by atoms with E-state index in [1.165, 1.54) is 11.3 Å². The van der Waals surface area contributed by atoms with Crippen molar-refractivity contribution in [3.63, 3.8) is 0 Å². The lowest BCUT2D eigenvalue weighted by Crippen LogP contribution is -2.34. The number of halogens is 4. The van der Waals surface area contributed by atoms with E-state index in [0.29, 0.717) is 28.4 Å². The summed E-state index contributed by atoms with van der Waals surface area (Å²) in [7, 11) is 0. The molecule has 2 aliphatic carbocycles. The largest absolute Gasteiger partial charge is 0.522 e. The number of nitrogens with zero attached hydrogens (tertiary/aromatic N) is 3. The average Bonchev–Trinajstić information content (AvgIpc) is 3.36. The van der Waals surface area contributed by atoms with Crippen LogP contribution < -0.4 is 5.32 Å². The molecule has 7 nitrogen and oxygen atoms in total. The lowest BCUT2D eigenvalue weighted by Gasteiger charge is -2.32. The number of carbonyl (C=O) groups excluding carboxylic acids is 1. The topological polar surface area (TPSA) is 90.1 Å². The summed E-state index contributed by atoms with van der Waals surface area (Å²) in [6.07, 6.45) is -1.23. The van der Waals surface area contributed by atoms with Crippen LogP contribution in [0.15, 0.2) is 22.6 Å². The lowest BCUT2D eigenvalue weighted by molar-refractivity contribution is -0.352. The number of thiazole rings is 1. The van der Waals surface area contributed by atoms with Crippen LogP contribution in [0.5, 0.6) is 0 Å². The third kappa shape index (κ3) is 5.52. The Bertz CT molecular complexity index is 1170. The lowest BCUT2D eigenvalue weighted by atomic mass is 9.80. The van der Waals surface area contributed by atoms with Crippen LogP contribution in [0.25, 0.3) is 10.2 Å². The van der Waals surface area contributed by atoms with Gasteiger partial charge in [0, 0.05) is 23.3 Å². The highest BCUT2D eigenvalue weighted by atomic mass is 35.5. The number of anilines is 1. The standard InChI is InChI=1S/C22H22ClF3N4O3S/c23-14-5-6-17-16(10-14)27-21(34-17)28-18(31)7-11-1-3-12(4-2-11)19-29-30-20(32-19)13-8-15(9-13)33-22(24,25)26/h5-6,10-13,15H,1-4,7-9H2,(H,27,28,31). The summed E-state index contributed by atoms with van der Waals surface area (Å²) in [5, 5.41) is 12.2. The molecule has 1 aromatic carbocycles. The third-order valence-electron chi connectivity index (χ3n) is 6.47. The van der Waals surface area contributed by atoms with Crippen molar-refractivity contribution in [2.24, 2.45) is 5.92 Å². The number of hydrogen-bond acceptors (Lipinski definition) is 7. The molecule has 34 heavy (non-hydrogen) atoms. The maximum absolute atomic E-state index is 12.5. The van der Waals surface area contributed by atoms with Crippen LogP contribution in [-0.2, 0) is 9.53 Å². The Labute approximate surface area is 202 Å². The van der Waals surface area contributed by atoms with E-state index in [0.717, 1.165) is 35.9 Å². The molecule has 0 unspecified atom stereocenters. The summed E-state index contributed by atoms with van der Waals surface area (Å²) >= 11 is 7.41. The molecule has 0 spiro atoms. The second-order valence-corrected chi connectivity index (χ2v) is 10.4. The summed E-state index contributed by atoms with van der Waals surface area (Å²) in [4.78, 5) is 16.9. The number of ether oxygens (including phenoxy) is 1. The molecule has 0 aliphatic heterocycles. The molecule has 1 N–H and O–H groups in total. The van der Waals surface area contributed by atoms with E-state index in [2.05, 4.69) is 25.2 Å². The fourth-order valence-electron chi connectivity index (χ4n) is 4.63. The zero-order valence-electron chi connectivity index (χ0n) is 18.0. The van der Waals surface area contributed by atoms with Gasteiger partial charge in [0.15, 0.2) is 5.13 Å². The van der Waals surface area contributed by atoms with Crippen molar-refractivity contribution >= 4 is 44.2 Å². The Morgan fingerprint density at radius 2 is 1.85 bits per heavy atom. The van der Waals surface area contributed by atoms with Crippen molar-refractivity contribution < 1.29 is 27.1 Å². The van der Waals surface area contributed by atoms with Crippen LogP contribution in [0.1, 0.15) is 68.6 Å². The molecule has 2 aliphatic rings. The summed E-state index contributed by atoms with van der Waals surface area (Å²) in [6, 6.07) is 5.45. The van der Waals surface area contributed by atoms with Crippen LogP contribution >= 0.6 is 22.9 Å². The van der Waals surface area contributed by atoms with Gasteiger partial charge in [0.1, 0.15) is 0 Å². The van der Waals surface area contributed by atoms with Gasteiger partial charge in [-0.2, -0.15) is 0 Å². The molecule has 0 atom stereocenters. The molecule has 2 fully saturated rings. The van der Waals surface area contributed by atoms with Gasteiger partial charge in [0.05, 0.1) is 16.3 Å². The van der Waals surface area contributed by atoms with Crippen LogP contribution in [0.3, 0.4) is 0 Å². The minimum Gasteiger partial charge on any atom is -0.425 e. The Hall–Kier alpha value is -2.24. The van der Waals surface area contributed by atoms with E-state index < -0.39 is 12.5 Å². The van der Waals surface area contributed by atoms with Crippen LogP contribution in [0.4, 0.5) is 18.3 Å². The van der Waals surface area contributed by atoms with E-state index in [9.17, 15) is 18.0 Å². The maximum Gasteiger partial charge on any atom is 0.522 e. The van der Waals surface area contributed by atoms with Gasteiger partial charge >= 0.3 is 6.36 Å². The first-order valence-corrected chi connectivity index (χ1v) is 12.3. The Kier molecular flexibility index (Phi) is 6.51. The fraction of sp³-hybridized carbons (Fsp3) is 0.545. The van der Waals surface area contributed by atoms with E-state index in [4.69, 9.17) is 16.0 Å². The zero-order chi connectivity index (χ0) is 23.9. The normalized spacial score (nSPS) is 25.3. The molecule has 1 amide bonds. The number of fused-ring (bicyclic) bond motifs is 1. The Morgan fingerprint density at radius 3 is 2.56 bits per heavy atom. The predicted molar refractivity (Wildman–Crippen MR) is 120 cm³/mol. The summed E-state index contributed by atoms with van der Waals surface area (Å²) < 4.78 is 47.6. The molecule has 2 saturated carbocycles. The third-order valence-corrected chi connectivity index (χ3v) is 7.65. The summed E-state index contributed by atoms with van der Waals surface area (Å²) in [5.74, 6) is 1.04. The first-order chi connectivity index (χ1) is 16.2. The number of alkyl halides is 3. The molecular weight excluding hydrogens is 493 g/mol. The number of carbonyl (C=O) groups is 1. The second kappa shape index (κ2) is 9.43. The van der Waals surface area contributed by atoms with Crippen LogP contribution in [0, 0.1) is 5.92 Å². The predicted octanol–water partition coefficient (Wildman–Crippen LogP) is 6.42. The van der Waals surface area contributed by atoms with Gasteiger partial charge in [-0.3, -0.25) is 9.53 Å². The number of nitrogens with one attached hydrogen (secondary N) is 1. The highest BCUT2D eigenvalue weighted by Crippen LogP contribution is 2.42. The fourth-order valence-corrected chi connectivity index (χ4v) is 5.66. The number of rotatable bonds is 6. The van der Waals surface area contributed by atoms with Crippen molar-refractivity contribution in [3.8, 4) is 0 Å². The van der Waals surface area contributed by atoms with Gasteiger partial charge in [0.25, 0.3) is 0 Å². The molecule has 0 radical (unpaired) electrons. The van der Waals surface area contributed by atoms with E-state index in [1.54, 1.807) is 12.1 Å². The maximum atomic E-state index is 12.5. The van der Waals surface area contributed by atoms with Crippen molar-refractivity contribution in [2.75, 3.05) is 5.32 Å². The van der Waals surface area contributed by atoms with Crippen LogP contribution in [-0.4, -0.2) is 33.6 Å². The smallest absolute Gasteiger partial charge is 0.425 e. The minimum absolute atomic E-state index is 0.0608. The molecule has 0 bridgehead atoms. The molecule has 0 saturated heterocycles. The van der Waals surface area contributed by atoms with E-state index in [-0.39, 0.29) is 36.5 Å². The number of benzene rings is 1. The quantitative estimate of drug-likeness (QED) is 0.408. The molecule has 2 heterocycles.